The van der Waals surface area contributed by atoms with E-state index in [1.165, 1.54) is 5.57 Å². The minimum absolute atomic E-state index is 0.144. The van der Waals surface area contributed by atoms with Crippen LogP contribution in [0.3, 0.4) is 0 Å². The molecule has 1 aromatic heterocycles. The highest BCUT2D eigenvalue weighted by Crippen LogP contribution is 2.75. The van der Waals surface area contributed by atoms with E-state index >= 15 is 0 Å². The summed E-state index contributed by atoms with van der Waals surface area (Å²) in [6.07, 6.45) is 7.96. The molecule has 4 fully saturated rings. The molecule has 10 nitrogen and oxygen atoms in total. The van der Waals surface area contributed by atoms with Gasteiger partial charge in [-0.15, -0.1) is 5.10 Å². The monoisotopic (exact) mass is 668 g/mol. The number of carboxylic acid groups (broad SMARTS) is 1. The molecule has 0 unspecified atom stereocenters. The first-order valence-electron chi connectivity index (χ1n) is 18.7. The van der Waals surface area contributed by atoms with E-state index in [9.17, 15) is 9.90 Å². The molecule has 12 atom stereocenters. The number of rotatable bonds is 9. The zero-order valence-corrected chi connectivity index (χ0v) is 31.6. The summed E-state index contributed by atoms with van der Waals surface area (Å²) in [5, 5.41) is 27.8. The SMILES string of the molecule is CN[C@](C)(CO[C@H]1[C@H](n2nnc(N)n2)C[C@@]23COC[C@]1(C)[C@@H]2CC[C@H]1C3=CC[C@@]2(C)[C@H](C(=O)O)[C@@](C)([C@H](C)C(C)C)CC[C@]12C)C(C)C. The molecule has 0 spiro atoms. The molecule has 2 bridgehead atoms. The summed E-state index contributed by atoms with van der Waals surface area (Å²) < 4.78 is 13.8. The summed E-state index contributed by atoms with van der Waals surface area (Å²) >= 11 is 0. The smallest absolute Gasteiger partial charge is 0.307 e. The zero-order valence-electron chi connectivity index (χ0n) is 31.6. The number of nitrogens with zero attached hydrogens (tertiary/aromatic N) is 4. The predicted molar refractivity (Wildman–Crippen MR) is 187 cm³/mol. The Hall–Kier alpha value is -2.04. The molecular weight excluding hydrogens is 604 g/mol. The van der Waals surface area contributed by atoms with Crippen molar-refractivity contribution in [2.24, 2.45) is 62.6 Å². The molecule has 48 heavy (non-hydrogen) atoms. The third kappa shape index (κ3) is 4.80. The van der Waals surface area contributed by atoms with Crippen LogP contribution < -0.4 is 11.1 Å². The normalized spacial score (nSPS) is 44.3. The molecule has 5 aliphatic rings. The summed E-state index contributed by atoms with van der Waals surface area (Å²) in [4.78, 5) is 15.2. The van der Waals surface area contributed by atoms with Crippen molar-refractivity contribution >= 4 is 11.9 Å². The van der Waals surface area contributed by atoms with Crippen LogP contribution in [0.25, 0.3) is 0 Å². The number of likely N-dealkylation sites (N-methyl/N-ethyl adjacent to an activating group) is 1. The topological polar surface area (TPSA) is 137 Å². The molecule has 2 heterocycles. The van der Waals surface area contributed by atoms with Gasteiger partial charge in [0.25, 0.3) is 5.95 Å². The summed E-state index contributed by atoms with van der Waals surface area (Å²) in [5.41, 5.74) is 6.10. The Labute approximate surface area is 288 Å². The van der Waals surface area contributed by atoms with E-state index in [0.29, 0.717) is 49.4 Å². The van der Waals surface area contributed by atoms with Crippen LogP contribution in [-0.4, -0.2) is 69.8 Å². The maximum atomic E-state index is 13.4. The number of hydrogen-bond donors (Lipinski definition) is 3. The number of fused-ring (bicyclic) bond motifs is 3. The summed E-state index contributed by atoms with van der Waals surface area (Å²) in [6.45, 7) is 24.7. The number of anilines is 1. The number of aliphatic carboxylic acids is 1. The van der Waals surface area contributed by atoms with Gasteiger partial charge in [0.05, 0.1) is 31.8 Å². The van der Waals surface area contributed by atoms with Gasteiger partial charge in [0.1, 0.15) is 6.04 Å². The Morgan fingerprint density at radius 3 is 2.44 bits per heavy atom. The van der Waals surface area contributed by atoms with Gasteiger partial charge in [-0.05, 0) is 104 Å². The lowest BCUT2D eigenvalue weighted by atomic mass is 9.34. The van der Waals surface area contributed by atoms with Crippen LogP contribution in [0.1, 0.15) is 114 Å². The summed E-state index contributed by atoms with van der Waals surface area (Å²) in [6, 6.07) is -0.165. The van der Waals surface area contributed by atoms with Crippen molar-refractivity contribution in [2.75, 3.05) is 32.6 Å². The van der Waals surface area contributed by atoms with Crippen molar-refractivity contribution in [3.05, 3.63) is 11.6 Å². The Morgan fingerprint density at radius 1 is 1.15 bits per heavy atom. The molecule has 6 rings (SSSR count). The van der Waals surface area contributed by atoms with E-state index in [-0.39, 0.29) is 50.7 Å². The third-order valence-electron chi connectivity index (χ3n) is 16.2. The molecule has 10 heteroatoms. The minimum Gasteiger partial charge on any atom is -0.481 e. The molecule has 4 aliphatic carbocycles. The maximum absolute atomic E-state index is 13.4. The fourth-order valence-corrected chi connectivity index (χ4v) is 12.3. The Kier molecular flexibility index (Phi) is 8.76. The van der Waals surface area contributed by atoms with Gasteiger partial charge < -0.3 is 25.6 Å². The van der Waals surface area contributed by atoms with Crippen LogP contribution in [0.15, 0.2) is 11.6 Å². The van der Waals surface area contributed by atoms with Crippen LogP contribution in [0.5, 0.6) is 0 Å². The Balaban J connectivity index is 1.44. The molecular formula is C38H64N6O4. The van der Waals surface area contributed by atoms with Gasteiger partial charge in [0.15, 0.2) is 0 Å². The molecule has 4 N–H and O–H groups in total. The fourth-order valence-electron chi connectivity index (χ4n) is 12.3. The van der Waals surface area contributed by atoms with Crippen LogP contribution >= 0.6 is 0 Å². The second kappa shape index (κ2) is 11.8. The van der Waals surface area contributed by atoms with Crippen molar-refractivity contribution < 1.29 is 19.4 Å². The van der Waals surface area contributed by atoms with E-state index in [4.69, 9.17) is 15.2 Å². The summed E-state index contributed by atoms with van der Waals surface area (Å²) in [5.74, 6) is 0.886. The van der Waals surface area contributed by atoms with Gasteiger partial charge in [0.2, 0.25) is 0 Å². The van der Waals surface area contributed by atoms with Gasteiger partial charge in [-0.25, -0.2) is 0 Å². The molecule has 1 aliphatic heterocycles. The number of nitrogens with one attached hydrogen (secondary N) is 1. The first-order valence-corrected chi connectivity index (χ1v) is 18.7. The third-order valence-corrected chi connectivity index (χ3v) is 16.2. The van der Waals surface area contributed by atoms with Gasteiger partial charge in [-0.3, -0.25) is 4.79 Å². The second-order valence-corrected chi connectivity index (χ2v) is 18.6. The zero-order chi connectivity index (χ0) is 35.2. The molecule has 1 saturated heterocycles. The average Bonchev–Trinajstić information content (AvgIpc) is 3.45. The van der Waals surface area contributed by atoms with Crippen molar-refractivity contribution in [1.82, 2.24) is 25.5 Å². The number of nitrogen functional groups attached to an aromatic ring is 1. The minimum atomic E-state index is -0.627. The van der Waals surface area contributed by atoms with Crippen molar-refractivity contribution in [3.8, 4) is 0 Å². The highest BCUT2D eigenvalue weighted by molar-refractivity contribution is 5.73. The van der Waals surface area contributed by atoms with Gasteiger partial charge in [-0.1, -0.05) is 79.1 Å². The second-order valence-electron chi connectivity index (χ2n) is 18.6. The number of nitrogens with two attached hydrogens (primary N) is 1. The lowest BCUT2D eigenvalue weighted by Gasteiger charge is -2.71. The number of hydrogen-bond acceptors (Lipinski definition) is 8. The first-order chi connectivity index (χ1) is 22.3. The molecule has 0 amide bonds. The predicted octanol–water partition coefficient (Wildman–Crippen LogP) is 6.40. The van der Waals surface area contributed by atoms with Crippen LogP contribution in [0.2, 0.25) is 0 Å². The highest BCUT2D eigenvalue weighted by atomic mass is 16.5. The Bertz CT molecular complexity index is 1430. The molecule has 270 valence electrons. The average molecular weight is 669 g/mol. The number of allylic oxidation sites excluding steroid dienone is 1. The Morgan fingerprint density at radius 2 is 1.85 bits per heavy atom. The standard InChI is InChI=1S/C38H64N6O4/c1-22(2)24(5)33(6)16-17-35(8)25-12-13-28-34(7)19-47-21-38(28,26(25)14-15-36(35,9)29(33)31(45)46)18-27(44-42-32(39)41-43-44)30(34)48-20-37(10,40-11)23(3)4/h14,22-25,27-30,40H,12-13,15-21H2,1-11H3,(H2,39,42)(H,45,46)/t24-,25+,27-,28+,29-,30+,33-,34-,35-,36+,37-,38+/m1/s1. The van der Waals surface area contributed by atoms with Gasteiger partial charge >= 0.3 is 5.97 Å². The van der Waals surface area contributed by atoms with E-state index in [1.54, 1.807) is 4.80 Å². The van der Waals surface area contributed by atoms with E-state index < -0.39 is 11.9 Å². The number of carboxylic acids is 1. The first kappa shape index (κ1) is 35.8. The van der Waals surface area contributed by atoms with Gasteiger partial charge in [0, 0.05) is 16.4 Å². The maximum Gasteiger partial charge on any atom is 0.307 e. The van der Waals surface area contributed by atoms with E-state index in [2.05, 4.69) is 96.0 Å². The van der Waals surface area contributed by atoms with Gasteiger partial charge in [-0.2, -0.15) is 4.80 Å². The van der Waals surface area contributed by atoms with Crippen molar-refractivity contribution in [1.29, 1.82) is 0 Å². The lowest BCUT2D eigenvalue weighted by Crippen LogP contribution is -2.69. The number of ether oxygens (including phenoxy) is 2. The van der Waals surface area contributed by atoms with Crippen LogP contribution in [0, 0.1) is 62.6 Å². The van der Waals surface area contributed by atoms with Crippen molar-refractivity contribution in [2.45, 2.75) is 125 Å². The highest BCUT2D eigenvalue weighted by Gasteiger charge is 2.72. The van der Waals surface area contributed by atoms with Crippen LogP contribution in [0.4, 0.5) is 5.95 Å². The van der Waals surface area contributed by atoms with Crippen LogP contribution in [-0.2, 0) is 14.3 Å². The molecule has 1 aromatic rings. The molecule has 3 saturated carbocycles. The summed E-state index contributed by atoms with van der Waals surface area (Å²) in [7, 11) is 2.01. The lowest BCUT2D eigenvalue weighted by molar-refractivity contribution is -0.254. The quantitative estimate of drug-likeness (QED) is 0.255. The van der Waals surface area contributed by atoms with E-state index in [1.807, 2.05) is 7.05 Å². The molecule has 0 aromatic carbocycles. The van der Waals surface area contributed by atoms with E-state index in [0.717, 1.165) is 38.5 Å². The van der Waals surface area contributed by atoms with Crippen molar-refractivity contribution in [3.63, 3.8) is 0 Å². The number of carbonyl (C=O) groups is 1. The fraction of sp³-hybridized carbons (Fsp3) is 0.895. The largest absolute Gasteiger partial charge is 0.481 e. The number of aromatic nitrogens is 4. The molecule has 0 radical (unpaired) electrons. The number of tetrazole rings is 1.